The molecule has 0 aliphatic rings. The van der Waals surface area contributed by atoms with Gasteiger partial charge in [-0.25, -0.2) is 0 Å². The first-order valence-electron chi connectivity index (χ1n) is 34.6. The molecule has 0 spiro atoms. The average Bonchev–Trinajstić information content (AvgIpc) is 1.57. The van der Waals surface area contributed by atoms with Crippen molar-refractivity contribution in [2.24, 2.45) is 0 Å². The Morgan fingerprint density at radius 1 is 0.312 bits per heavy atom. The minimum absolute atomic E-state index is 0.0636. The van der Waals surface area contributed by atoms with Crippen molar-refractivity contribution in [2.45, 2.75) is 0 Å². The molecule has 0 atom stereocenters. The molecule has 7 nitrogen and oxygen atoms in total. The lowest BCUT2D eigenvalue weighted by atomic mass is 10.1. The van der Waals surface area contributed by atoms with Gasteiger partial charge >= 0.3 is 0 Å². The molecule has 0 saturated carbocycles. The summed E-state index contributed by atoms with van der Waals surface area (Å²) in [4.78, 5) is 14.2. The maximum absolute atomic E-state index is 10.2. The van der Waals surface area contributed by atoms with Gasteiger partial charge in [0.15, 0.2) is 5.82 Å². The third kappa shape index (κ3) is 4.89. The van der Waals surface area contributed by atoms with Crippen LogP contribution >= 0.6 is 0 Å². The zero-order valence-electron chi connectivity index (χ0n) is 62.9. The first-order chi connectivity index (χ1) is 44.7. The Hall–Kier alpha value is -8.81. The minimum atomic E-state index is -1.13. The monoisotopic (exact) mass is 848 g/mol. The van der Waals surface area contributed by atoms with Gasteiger partial charge in [0.25, 0.3) is 0 Å². The van der Waals surface area contributed by atoms with E-state index in [1.807, 2.05) is 0 Å². The van der Waals surface area contributed by atoms with Crippen molar-refractivity contribution in [3.8, 4) is 34.7 Å². The van der Waals surface area contributed by atoms with E-state index in [9.17, 15) is 20.6 Å². The molecular weight excluding hydrogens is 783 g/mol. The summed E-state index contributed by atoms with van der Waals surface area (Å²) >= 11 is 0. The summed E-state index contributed by atoms with van der Waals surface area (Å²) in [6.07, 6.45) is 0. The number of hydrogen-bond donors (Lipinski definition) is 0. The Morgan fingerprint density at radius 3 is 1.27 bits per heavy atom. The van der Waals surface area contributed by atoms with E-state index in [4.69, 9.17) is 36.9 Å². The fourth-order valence-corrected chi connectivity index (χ4v) is 8.28. The number of hydrogen-bond acceptors (Lipinski definition) is 3. The van der Waals surface area contributed by atoms with Gasteiger partial charge in [-0.2, -0.15) is 15.0 Å². The molecule has 7 heteroatoms. The van der Waals surface area contributed by atoms with Gasteiger partial charge in [-0.05, 0) is 72.5 Å². The van der Waals surface area contributed by atoms with Crippen LogP contribution in [0.15, 0.2) is 212 Å². The predicted molar refractivity (Wildman–Crippen MR) is 263 cm³/mol. The lowest BCUT2D eigenvalue weighted by Gasteiger charge is -2.16. The normalized spacial score (nSPS) is 18.8. The van der Waals surface area contributed by atoms with Crippen LogP contribution in [-0.2, 0) is 0 Å². The summed E-state index contributed by atoms with van der Waals surface area (Å²) < 4.78 is 289. The van der Waals surface area contributed by atoms with Gasteiger partial charge in [0, 0.05) is 54.3 Å². The Balaban J connectivity index is 1.25. The maximum atomic E-state index is 10.2. The molecule has 64 heavy (non-hydrogen) atoms. The standard InChI is InChI=1S/C57H35N7/c1-9-25-46-37(17-1)38-18-2-10-26-47(38)61(46)36-33-34-54-45(35-36)43-23-7-15-31-52(43)64(54)57-59-55(58-56(60-57)63-50-29-13-5-21-41(50)42-22-6-14-30-51(42)63)44-24-8-16-32-53(44)62-48-27-11-3-19-39(48)40-20-4-12-28-49(40)62/h1-35H/i1D,3D,4D,5D,6D,7D,8D,9D,11D,12D,13D,14D,15D,16D,17D,19D,20D,21D,22D,23D,24D,25D,27D,28D,29D,30D,31D,32D,33D,34D,35D. The number of aromatic nitrogens is 7. The summed E-state index contributed by atoms with van der Waals surface area (Å²) in [7, 11) is 0. The summed E-state index contributed by atoms with van der Waals surface area (Å²) in [6, 6.07) is -21.8. The van der Waals surface area contributed by atoms with E-state index in [-0.39, 0.29) is 21.8 Å². The van der Waals surface area contributed by atoms with E-state index < -0.39 is 287 Å². The Bertz CT molecular complexity index is 5910. The molecule has 0 bridgehead atoms. The second-order valence-electron chi connectivity index (χ2n) is 14.1. The topological polar surface area (TPSA) is 58.4 Å². The van der Waals surface area contributed by atoms with Crippen LogP contribution in [0.2, 0.25) is 0 Å². The van der Waals surface area contributed by atoms with E-state index in [1.165, 1.54) is 18.2 Å². The Morgan fingerprint density at radius 2 is 0.719 bits per heavy atom. The Labute approximate surface area is 409 Å². The van der Waals surface area contributed by atoms with E-state index in [1.54, 1.807) is 6.07 Å². The molecule has 0 unspecified atom stereocenters. The molecule has 0 fully saturated rings. The molecule has 0 radical (unpaired) electrons. The molecule has 0 N–H and O–H groups in total. The molecule has 14 rings (SSSR count). The van der Waals surface area contributed by atoms with Crippen LogP contribution in [-0.4, -0.2) is 33.2 Å². The van der Waals surface area contributed by atoms with Crippen LogP contribution < -0.4 is 0 Å². The summed E-state index contributed by atoms with van der Waals surface area (Å²) in [6.45, 7) is 0. The van der Waals surface area contributed by atoms with Crippen molar-refractivity contribution < 1.29 is 42.5 Å². The highest BCUT2D eigenvalue weighted by molar-refractivity contribution is 6.13. The predicted octanol–water partition coefficient (Wildman–Crippen LogP) is 13.9. The van der Waals surface area contributed by atoms with Gasteiger partial charge in [0.05, 0.1) is 92.3 Å². The van der Waals surface area contributed by atoms with E-state index in [0.717, 1.165) is 18.3 Å². The number of benzene rings is 9. The van der Waals surface area contributed by atoms with Gasteiger partial charge in [0.1, 0.15) is 0 Å². The van der Waals surface area contributed by atoms with E-state index in [2.05, 4.69) is 0 Å². The van der Waals surface area contributed by atoms with Gasteiger partial charge in [0.2, 0.25) is 11.9 Å². The second kappa shape index (κ2) is 13.3. The first kappa shape index (κ1) is 16.5. The SMILES string of the molecule is [2H]c1c([2H])c([2H])c(-n2c3c([2H])c([2H])c([2H])c([2H])c3c3c([2H])c([2H])c([2H])c([2H])c32)c(-c2nc(-n3c4c([2H])c([2H])c([2H])c([2H])c4c4c([2H])c([2H])c([2H])c([2H])c43)nc(-n3c4c([2H])c([2H])c([2H])c([2H])c4c4c([2H])c(-n5c6ccccc6c6c([2H])c([2H])c([2H])c([2H])c65)c([2H])c([2H])c43)n2)c1[2H]. The smallest absolute Gasteiger partial charge is 0.240 e. The summed E-state index contributed by atoms with van der Waals surface area (Å²) in [5.41, 5.74) is -6.72. The van der Waals surface area contributed by atoms with Gasteiger partial charge in [-0.1, -0.05) is 139 Å². The first-order valence-corrected chi connectivity index (χ1v) is 19.1. The van der Waals surface area contributed by atoms with Crippen molar-refractivity contribution in [3.05, 3.63) is 212 Å². The molecule has 5 aromatic heterocycles. The molecular formula is C57H35N7. The molecule has 0 aliphatic heterocycles. The Kier molecular flexibility index (Phi) is 3.43. The van der Waals surface area contributed by atoms with Crippen LogP contribution in [0.4, 0.5) is 0 Å². The van der Waals surface area contributed by atoms with Gasteiger partial charge < -0.3 is 9.13 Å². The van der Waals surface area contributed by atoms with E-state index >= 15 is 0 Å². The highest BCUT2D eigenvalue weighted by atomic mass is 15.3. The van der Waals surface area contributed by atoms with Crippen molar-refractivity contribution >= 4 is 87.2 Å². The number of para-hydroxylation sites is 8. The second-order valence-corrected chi connectivity index (χ2v) is 14.1. The van der Waals surface area contributed by atoms with Crippen LogP contribution in [0.1, 0.15) is 42.5 Å². The fourth-order valence-electron chi connectivity index (χ4n) is 8.28. The highest BCUT2D eigenvalue weighted by Gasteiger charge is 2.23. The fraction of sp³-hybridized carbons (Fsp3) is 0. The van der Waals surface area contributed by atoms with Gasteiger partial charge in [-0.3, -0.25) is 9.13 Å². The quantitative estimate of drug-likeness (QED) is 0.173. The van der Waals surface area contributed by atoms with Gasteiger partial charge in [-0.15, -0.1) is 0 Å². The lowest BCUT2D eigenvalue weighted by Crippen LogP contribution is -2.11. The molecule has 0 amide bonds. The van der Waals surface area contributed by atoms with Crippen LogP contribution in [0.25, 0.3) is 122 Å². The molecule has 0 aliphatic carbocycles. The summed E-state index contributed by atoms with van der Waals surface area (Å²) in [5, 5.41) is -3.28. The van der Waals surface area contributed by atoms with E-state index in [0.29, 0.717) is 0 Å². The lowest BCUT2D eigenvalue weighted by molar-refractivity contribution is 0.892. The maximum Gasteiger partial charge on any atom is 0.240 e. The third-order valence-electron chi connectivity index (χ3n) is 10.9. The molecule has 0 saturated heterocycles. The minimum Gasteiger partial charge on any atom is -0.309 e. The van der Waals surface area contributed by atoms with Crippen molar-refractivity contribution in [2.75, 3.05) is 0 Å². The zero-order valence-corrected chi connectivity index (χ0v) is 31.9. The average molecular weight is 849 g/mol. The third-order valence-corrected chi connectivity index (χ3v) is 10.9. The highest BCUT2D eigenvalue weighted by Crippen LogP contribution is 2.39. The number of nitrogens with zero attached hydrogens (tertiary/aromatic N) is 7. The summed E-state index contributed by atoms with van der Waals surface area (Å²) in [5.74, 6) is -3.06. The van der Waals surface area contributed by atoms with Crippen molar-refractivity contribution in [1.29, 1.82) is 0 Å². The largest absolute Gasteiger partial charge is 0.309 e. The molecule has 298 valence electrons. The molecule has 5 heterocycles. The zero-order chi connectivity index (χ0) is 68.9. The number of rotatable bonds is 5. The van der Waals surface area contributed by atoms with Crippen LogP contribution in [0, 0.1) is 0 Å². The number of fused-ring (bicyclic) bond motifs is 12. The molecule has 14 aromatic rings. The van der Waals surface area contributed by atoms with Crippen molar-refractivity contribution in [1.82, 2.24) is 33.2 Å². The molecule has 9 aromatic carbocycles. The van der Waals surface area contributed by atoms with Crippen molar-refractivity contribution in [3.63, 3.8) is 0 Å². The van der Waals surface area contributed by atoms with Crippen LogP contribution in [0.3, 0.4) is 0 Å². The van der Waals surface area contributed by atoms with Crippen LogP contribution in [0.5, 0.6) is 0 Å².